The lowest BCUT2D eigenvalue weighted by Crippen LogP contribution is -2.39. The summed E-state index contributed by atoms with van der Waals surface area (Å²) >= 11 is 5.72. The maximum atomic E-state index is 13.5. The minimum Gasteiger partial charge on any atom is -0.490 e. The first kappa shape index (κ1) is 10.7. The molecule has 0 radical (unpaired) electrons. The van der Waals surface area contributed by atoms with Crippen molar-refractivity contribution in [2.45, 2.75) is 12.0 Å². The molecule has 1 aromatic rings. The van der Waals surface area contributed by atoms with Crippen molar-refractivity contribution >= 4 is 11.6 Å². The van der Waals surface area contributed by atoms with Crippen LogP contribution >= 0.6 is 11.6 Å². The van der Waals surface area contributed by atoms with E-state index in [2.05, 4.69) is 0 Å². The summed E-state index contributed by atoms with van der Waals surface area (Å²) in [6, 6.07) is 2.65. The molecule has 1 aromatic carbocycles. The number of benzene rings is 1. The lowest BCUT2D eigenvalue weighted by Gasteiger charge is -2.33. The molecule has 0 bridgehead atoms. The van der Waals surface area contributed by atoms with E-state index in [9.17, 15) is 9.50 Å². The number of ether oxygens (including phenoxy) is 1. The molecule has 1 heterocycles. The highest BCUT2D eigenvalue weighted by molar-refractivity contribution is 6.30. The van der Waals surface area contributed by atoms with Gasteiger partial charge in [-0.1, -0.05) is 11.6 Å². The van der Waals surface area contributed by atoms with Gasteiger partial charge in [-0.3, -0.25) is 0 Å². The van der Waals surface area contributed by atoms with E-state index < -0.39 is 11.4 Å². The van der Waals surface area contributed by atoms with Gasteiger partial charge in [-0.15, -0.1) is 0 Å². The zero-order chi connectivity index (χ0) is 11.1. The fourth-order valence-corrected chi connectivity index (χ4v) is 1.93. The van der Waals surface area contributed by atoms with Gasteiger partial charge < -0.3 is 15.6 Å². The number of rotatable bonds is 1. The smallest absolute Gasteiger partial charge is 0.166 e. The largest absolute Gasteiger partial charge is 0.490 e. The molecular formula is C10H11ClFNO2. The Hall–Kier alpha value is -0.840. The van der Waals surface area contributed by atoms with Gasteiger partial charge in [0.1, 0.15) is 5.60 Å². The molecule has 1 unspecified atom stereocenters. The molecule has 15 heavy (non-hydrogen) atoms. The number of nitrogens with two attached hydrogens (primary N) is 1. The monoisotopic (exact) mass is 231 g/mol. The Morgan fingerprint density at radius 3 is 3.00 bits per heavy atom. The fraction of sp³-hybridized carbons (Fsp3) is 0.400. The van der Waals surface area contributed by atoms with Gasteiger partial charge in [-0.25, -0.2) is 4.39 Å². The van der Waals surface area contributed by atoms with E-state index in [4.69, 9.17) is 22.1 Å². The van der Waals surface area contributed by atoms with Crippen LogP contribution in [0.5, 0.6) is 5.75 Å². The molecule has 0 spiro atoms. The lowest BCUT2D eigenvalue weighted by atomic mass is 9.88. The lowest BCUT2D eigenvalue weighted by molar-refractivity contribution is 0.00380. The van der Waals surface area contributed by atoms with Crippen molar-refractivity contribution < 1.29 is 14.2 Å². The molecule has 2 rings (SSSR count). The summed E-state index contributed by atoms with van der Waals surface area (Å²) in [6.07, 6.45) is 0.344. The third-order valence-electron chi connectivity index (χ3n) is 2.61. The topological polar surface area (TPSA) is 55.5 Å². The average Bonchev–Trinajstić information content (AvgIpc) is 2.20. The zero-order valence-corrected chi connectivity index (χ0v) is 8.72. The number of fused-ring (bicyclic) bond motifs is 1. The first-order valence-electron chi connectivity index (χ1n) is 4.61. The second-order valence-corrected chi connectivity index (χ2v) is 4.03. The van der Waals surface area contributed by atoms with Gasteiger partial charge in [-0.05, 0) is 12.1 Å². The van der Waals surface area contributed by atoms with E-state index in [0.29, 0.717) is 12.0 Å². The van der Waals surface area contributed by atoms with Gasteiger partial charge in [0, 0.05) is 23.6 Å². The van der Waals surface area contributed by atoms with Gasteiger partial charge in [0.25, 0.3) is 0 Å². The Morgan fingerprint density at radius 1 is 1.60 bits per heavy atom. The number of hydrogen-bond acceptors (Lipinski definition) is 3. The first-order chi connectivity index (χ1) is 7.07. The Kier molecular flexibility index (Phi) is 2.58. The van der Waals surface area contributed by atoms with E-state index in [-0.39, 0.29) is 23.9 Å². The van der Waals surface area contributed by atoms with Gasteiger partial charge in [0.15, 0.2) is 11.6 Å². The summed E-state index contributed by atoms with van der Waals surface area (Å²) in [5, 5.41) is 10.4. The predicted octanol–water partition coefficient (Wildman–Crippen LogP) is 1.41. The summed E-state index contributed by atoms with van der Waals surface area (Å²) in [5.74, 6) is -0.511. The second kappa shape index (κ2) is 3.63. The molecule has 1 aliphatic rings. The van der Waals surface area contributed by atoms with Crippen LogP contribution in [0.3, 0.4) is 0 Å². The highest BCUT2D eigenvalue weighted by atomic mass is 35.5. The van der Waals surface area contributed by atoms with Crippen LogP contribution in [0.2, 0.25) is 5.02 Å². The highest BCUT2D eigenvalue weighted by Gasteiger charge is 2.36. The van der Waals surface area contributed by atoms with Crippen molar-refractivity contribution in [3.8, 4) is 5.75 Å². The van der Waals surface area contributed by atoms with Crippen molar-refractivity contribution in [3.05, 3.63) is 28.5 Å². The van der Waals surface area contributed by atoms with Gasteiger partial charge in [0.05, 0.1) is 6.61 Å². The maximum absolute atomic E-state index is 13.5. The molecule has 3 nitrogen and oxygen atoms in total. The van der Waals surface area contributed by atoms with Crippen molar-refractivity contribution in [1.82, 2.24) is 0 Å². The molecular weight excluding hydrogens is 221 g/mol. The Bertz CT molecular complexity index is 399. The van der Waals surface area contributed by atoms with Crippen LogP contribution in [0.25, 0.3) is 0 Å². The van der Waals surface area contributed by atoms with E-state index in [1.165, 1.54) is 6.07 Å². The van der Waals surface area contributed by atoms with Crippen molar-refractivity contribution in [1.29, 1.82) is 0 Å². The normalized spacial score (nSPS) is 24.5. The summed E-state index contributed by atoms with van der Waals surface area (Å²) in [7, 11) is 0. The second-order valence-electron chi connectivity index (χ2n) is 3.60. The highest BCUT2D eigenvalue weighted by Crippen LogP contribution is 2.39. The minimum atomic E-state index is -1.24. The van der Waals surface area contributed by atoms with Crippen LogP contribution in [0.4, 0.5) is 4.39 Å². The van der Waals surface area contributed by atoms with Gasteiger partial charge in [-0.2, -0.15) is 0 Å². The van der Waals surface area contributed by atoms with Gasteiger partial charge >= 0.3 is 0 Å². The zero-order valence-electron chi connectivity index (χ0n) is 7.96. The van der Waals surface area contributed by atoms with Crippen LogP contribution in [-0.4, -0.2) is 18.3 Å². The summed E-state index contributed by atoms with van der Waals surface area (Å²) in [5.41, 5.74) is 4.58. The van der Waals surface area contributed by atoms with Crippen LogP contribution in [0, 0.1) is 5.82 Å². The van der Waals surface area contributed by atoms with Crippen LogP contribution in [0.1, 0.15) is 12.0 Å². The molecule has 0 fully saturated rings. The van der Waals surface area contributed by atoms with Crippen LogP contribution in [0.15, 0.2) is 12.1 Å². The Balaban J connectivity index is 2.60. The Labute approximate surface area is 91.6 Å². The number of hydrogen-bond donors (Lipinski definition) is 2. The molecule has 82 valence electrons. The van der Waals surface area contributed by atoms with E-state index in [1.54, 1.807) is 0 Å². The predicted molar refractivity (Wildman–Crippen MR) is 54.5 cm³/mol. The average molecular weight is 232 g/mol. The molecule has 1 aliphatic heterocycles. The molecule has 3 N–H and O–H groups in total. The van der Waals surface area contributed by atoms with E-state index >= 15 is 0 Å². The third-order valence-corrected chi connectivity index (χ3v) is 2.83. The summed E-state index contributed by atoms with van der Waals surface area (Å²) in [4.78, 5) is 0. The van der Waals surface area contributed by atoms with Crippen molar-refractivity contribution in [2.75, 3.05) is 13.2 Å². The standard InChI is InChI=1S/C10H11ClFNO2/c11-6-3-7-9(8(12)4-6)15-2-1-10(7,14)5-13/h3-4,14H,1-2,5,13H2. The summed E-state index contributed by atoms with van der Waals surface area (Å²) in [6.45, 7) is 0.266. The number of halogens is 2. The van der Waals surface area contributed by atoms with Crippen molar-refractivity contribution in [3.63, 3.8) is 0 Å². The molecule has 0 amide bonds. The van der Waals surface area contributed by atoms with E-state index in [1.807, 2.05) is 0 Å². The first-order valence-corrected chi connectivity index (χ1v) is 4.99. The quantitative estimate of drug-likeness (QED) is 0.768. The maximum Gasteiger partial charge on any atom is 0.166 e. The molecule has 0 saturated heterocycles. The minimum absolute atomic E-state index is 0.0170. The van der Waals surface area contributed by atoms with Crippen LogP contribution in [-0.2, 0) is 5.60 Å². The molecule has 5 heteroatoms. The molecule has 0 saturated carbocycles. The summed E-state index contributed by atoms with van der Waals surface area (Å²) < 4.78 is 18.6. The van der Waals surface area contributed by atoms with E-state index in [0.717, 1.165) is 6.07 Å². The number of aliphatic hydroxyl groups is 1. The van der Waals surface area contributed by atoms with Crippen LogP contribution < -0.4 is 10.5 Å². The SMILES string of the molecule is NCC1(O)CCOc2c(F)cc(Cl)cc21. The molecule has 0 aliphatic carbocycles. The van der Waals surface area contributed by atoms with Gasteiger partial charge in [0.2, 0.25) is 0 Å². The molecule has 1 atom stereocenters. The molecule has 0 aromatic heterocycles. The Morgan fingerprint density at radius 2 is 2.33 bits per heavy atom. The third kappa shape index (κ3) is 1.69. The van der Waals surface area contributed by atoms with Crippen molar-refractivity contribution in [2.24, 2.45) is 5.73 Å². The fourth-order valence-electron chi connectivity index (χ4n) is 1.72.